The van der Waals surface area contributed by atoms with Crippen LogP contribution in [0, 0.1) is 30.2 Å². The molecule has 83 heavy (non-hydrogen) atoms. The summed E-state index contributed by atoms with van der Waals surface area (Å²) in [4.78, 5) is 53.7. The number of hydrogen-bond acceptors (Lipinski definition) is 12. The molecule has 8 aromatic heterocycles. The van der Waals surface area contributed by atoms with E-state index in [1.54, 1.807) is 18.6 Å². The Morgan fingerprint density at radius 3 is 1.64 bits per heavy atom. The molecule has 0 radical (unpaired) electrons. The number of rotatable bonds is 4. The SMILES string of the molecule is CC(C)(C)c1c(C#N)cnc2ccccc12.CC(C)c1c(F)ccc2ccccc12.CC(C)c1ccnc2ccccc12.CC(C)c1ncnc2nc(Cl)[nH]c12.CC(C)c1ncnc2nc(F)[nH]c12.Cc1nc2ncnc(C(C)(C)C)c2[nH]1. The Labute approximate surface area is 488 Å². The lowest BCUT2D eigenvalue weighted by atomic mass is 9.82. The minimum absolute atomic E-state index is 0.0141. The predicted octanol–water partition coefficient (Wildman–Crippen LogP) is 16.6. The van der Waals surface area contributed by atoms with Crippen LogP contribution in [-0.4, -0.2) is 69.8 Å². The third kappa shape index (κ3) is 15.2. The normalized spacial score (nSPS) is 11.4. The van der Waals surface area contributed by atoms with E-state index in [4.69, 9.17) is 16.9 Å². The lowest BCUT2D eigenvalue weighted by Gasteiger charge is -2.22. The van der Waals surface area contributed by atoms with E-state index < -0.39 is 6.08 Å². The number of benzene rings is 4. The van der Waals surface area contributed by atoms with E-state index in [1.807, 2.05) is 101 Å². The first kappa shape index (κ1) is 61.9. The molecule has 0 unspecified atom stereocenters. The monoisotopic (exact) mass is 1140 g/mol. The Morgan fingerprint density at radius 1 is 0.518 bits per heavy atom. The van der Waals surface area contributed by atoms with Gasteiger partial charge in [0.05, 0.1) is 33.7 Å². The van der Waals surface area contributed by atoms with Gasteiger partial charge in [0.25, 0.3) is 6.08 Å². The molecule has 8 heterocycles. The Hall–Kier alpha value is -8.75. The van der Waals surface area contributed by atoms with Crippen molar-refractivity contribution in [3.05, 3.63) is 185 Å². The topological polar surface area (TPSA) is 213 Å². The molecule has 0 amide bonds. The summed E-state index contributed by atoms with van der Waals surface area (Å²) in [6.07, 6.45) is 7.42. The van der Waals surface area contributed by atoms with Crippen molar-refractivity contribution in [3.63, 3.8) is 0 Å². The van der Waals surface area contributed by atoms with Gasteiger partial charge in [-0.1, -0.05) is 164 Å². The number of para-hydroxylation sites is 2. The molecule has 4 aromatic carbocycles. The number of pyridine rings is 2. The van der Waals surface area contributed by atoms with Gasteiger partial charge in [-0.3, -0.25) is 9.97 Å². The predicted molar refractivity (Wildman–Crippen MR) is 331 cm³/mol. The Kier molecular flexibility index (Phi) is 20.0. The maximum atomic E-state index is 13.6. The minimum Gasteiger partial charge on any atom is -0.339 e. The van der Waals surface area contributed by atoms with Crippen molar-refractivity contribution >= 4 is 77.7 Å². The lowest BCUT2D eigenvalue weighted by molar-refractivity contribution is 0.555. The number of aromatic nitrogens is 14. The van der Waals surface area contributed by atoms with E-state index in [0.717, 1.165) is 77.9 Å². The molecular weight excluding hydrogens is 1060 g/mol. The second kappa shape index (κ2) is 26.9. The van der Waals surface area contributed by atoms with Crippen LogP contribution in [0.2, 0.25) is 5.28 Å². The first-order valence-corrected chi connectivity index (χ1v) is 27.9. The van der Waals surface area contributed by atoms with Gasteiger partial charge in [0.2, 0.25) is 5.28 Å². The Bertz CT molecular complexity index is 4090. The number of imidazole rings is 3. The summed E-state index contributed by atoms with van der Waals surface area (Å²) in [6.45, 7) is 31.2. The fourth-order valence-electron chi connectivity index (χ4n) is 9.54. The van der Waals surface area contributed by atoms with Gasteiger partial charge < -0.3 is 15.0 Å². The van der Waals surface area contributed by atoms with E-state index >= 15 is 0 Å². The molecule has 0 saturated carbocycles. The van der Waals surface area contributed by atoms with E-state index in [2.05, 4.69) is 169 Å². The van der Waals surface area contributed by atoms with Crippen molar-refractivity contribution in [1.29, 1.82) is 5.26 Å². The van der Waals surface area contributed by atoms with Gasteiger partial charge in [0, 0.05) is 28.6 Å². The highest BCUT2D eigenvalue weighted by Crippen LogP contribution is 2.33. The maximum Gasteiger partial charge on any atom is 0.289 e. The molecule has 0 spiro atoms. The molecule has 12 aromatic rings. The maximum absolute atomic E-state index is 13.6. The van der Waals surface area contributed by atoms with Crippen LogP contribution in [0.3, 0.4) is 0 Å². The largest absolute Gasteiger partial charge is 0.339 e. The van der Waals surface area contributed by atoms with Gasteiger partial charge in [-0.05, 0) is 99.3 Å². The van der Waals surface area contributed by atoms with Crippen LogP contribution in [0.4, 0.5) is 8.78 Å². The molecule has 0 fully saturated rings. The Morgan fingerprint density at radius 2 is 1.06 bits per heavy atom. The highest BCUT2D eigenvalue weighted by molar-refractivity contribution is 6.29. The molecule has 0 saturated heterocycles. The van der Waals surface area contributed by atoms with Gasteiger partial charge in [-0.15, -0.1) is 0 Å². The first-order valence-electron chi connectivity index (χ1n) is 27.6. The molecule has 0 atom stereocenters. The number of hydrogen-bond donors (Lipinski definition) is 3. The molecule has 0 aliphatic rings. The van der Waals surface area contributed by atoms with Crippen LogP contribution in [0.25, 0.3) is 66.1 Å². The summed E-state index contributed by atoms with van der Waals surface area (Å²) < 4.78 is 26.3. The first-order chi connectivity index (χ1) is 39.4. The number of aryl methyl sites for hydroxylation is 1. The highest BCUT2D eigenvalue weighted by atomic mass is 35.5. The van der Waals surface area contributed by atoms with Gasteiger partial charge in [0.15, 0.2) is 16.9 Å². The number of fused-ring (bicyclic) bond motifs is 6. The third-order valence-corrected chi connectivity index (χ3v) is 13.4. The number of halogens is 3. The zero-order valence-corrected chi connectivity index (χ0v) is 50.6. The van der Waals surface area contributed by atoms with Crippen LogP contribution >= 0.6 is 11.6 Å². The van der Waals surface area contributed by atoms with Crippen LogP contribution in [-0.2, 0) is 10.8 Å². The van der Waals surface area contributed by atoms with E-state index in [-0.39, 0.29) is 28.5 Å². The summed E-state index contributed by atoms with van der Waals surface area (Å²) in [6, 6.07) is 31.9. The van der Waals surface area contributed by atoms with Crippen molar-refractivity contribution in [3.8, 4) is 6.07 Å². The van der Waals surface area contributed by atoms with Crippen LogP contribution in [0.5, 0.6) is 0 Å². The van der Waals surface area contributed by atoms with Crippen LogP contribution in [0.15, 0.2) is 122 Å². The molecule has 0 bridgehead atoms. The van der Waals surface area contributed by atoms with Gasteiger partial charge in [0.1, 0.15) is 53.2 Å². The summed E-state index contributed by atoms with van der Waals surface area (Å²) >= 11 is 5.73. The van der Waals surface area contributed by atoms with Crippen molar-refractivity contribution in [2.24, 2.45) is 0 Å². The second-order valence-electron chi connectivity index (χ2n) is 23.1. The zero-order chi connectivity index (χ0) is 60.3. The van der Waals surface area contributed by atoms with E-state index in [9.17, 15) is 8.78 Å². The summed E-state index contributed by atoms with van der Waals surface area (Å²) in [5, 5.41) is 14.0. The van der Waals surface area contributed by atoms with E-state index in [1.165, 1.54) is 23.6 Å². The summed E-state index contributed by atoms with van der Waals surface area (Å²) in [5.41, 5.74) is 12.9. The summed E-state index contributed by atoms with van der Waals surface area (Å²) in [7, 11) is 0. The smallest absolute Gasteiger partial charge is 0.289 e. The fourth-order valence-corrected chi connectivity index (χ4v) is 9.71. The number of H-pyrrole nitrogens is 3. The average molecular weight is 1140 g/mol. The van der Waals surface area contributed by atoms with Crippen molar-refractivity contribution in [1.82, 2.24) is 69.8 Å². The fraction of sp³-hybridized carbons (Fsp3) is 0.323. The average Bonchev–Trinajstić information content (AvgIpc) is 4.19. The van der Waals surface area contributed by atoms with Crippen molar-refractivity contribution < 1.29 is 8.78 Å². The molecule has 15 nitrogen and oxygen atoms in total. The molecule has 0 aliphatic carbocycles. The van der Waals surface area contributed by atoms with Crippen molar-refractivity contribution in [2.75, 3.05) is 0 Å². The van der Waals surface area contributed by atoms with Crippen molar-refractivity contribution in [2.45, 2.75) is 138 Å². The lowest BCUT2D eigenvalue weighted by Crippen LogP contribution is -2.14. The van der Waals surface area contributed by atoms with Crippen LogP contribution in [0.1, 0.15) is 166 Å². The molecule has 18 heteroatoms. The number of aromatic amines is 3. The second-order valence-corrected chi connectivity index (χ2v) is 23.5. The number of nitrogens with one attached hydrogen (secondary N) is 3. The van der Waals surface area contributed by atoms with E-state index in [0.29, 0.717) is 39.5 Å². The van der Waals surface area contributed by atoms with Crippen LogP contribution < -0.4 is 0 Å². The standard InChI is InChI=1S/C14H14N2.C13H13F.C12H13N.C10H14N4.C8H9ClN4.C8H9FN4/c1-14(2,3)13-10(8-15)9-16-12-7-5-4-6-11(12)13;1-9(2)13-11-6-4-3-5-10(11)7-8-12(13)14;1-9(2)10-7-8-13-12-6-4-3-5-11(10)12;1-6-13-7-8(10(2,3)4)11-5-12-9(7)14-6;2*1-4(2)5-6-7(11-3-10-5)13-8(9)12-6/h4-7,9H,1-3H3;3-9H,1-2H3;3-9H,1-2H3;5H,1-4H3,(H,11,12,13,14);2*3-4H,1-2H3,(H,10,11,12,13). The molecule has 428 valence electrons. The minimum atomic E-state index is -0.614. The quantitative estimate of drug-likeness (QED) is 0.140. The molecule has 3 N–H and O–H groups in total. The summed E-state index contributed by atoms with van der Waals surface area (Å²) in [5.74, 6) is 2.13. The van der Waals surface area contributed by atoms with Gasteiger partial charge in [-0.25, -0.2) is 39.3 Å². The molecule has 12 rings (SSSR count). The van der Waals surface area contributed by atoms with Gasteiger partial charge in [-0.2, -0.15) is 19.6 Å². The molecular formula is C65H72ClF2N15. The zero-order valence-electron chi connectivity index (χ0n) is 49.9. The number of nitriles is 1. The van der Waals surface area contributed by atoms with Gasteiger partial charge >= 0.3 is 0 Å². The highest BCUT2D eigenvalue weighted by Gasteiger charge is 2.22. The Balaban J connectivity index is 0.000000143. The molecule has 0 aliphatic heterocycles. The number of nitrogens with zero attached hydrogens (tertiary/aromatic N) is 12. The third-order valence-electron chi connectivity index (χ3n) is 13.2.